The molecule has 0 aromatic heterocycles. The van der Waals surface area contributed by atoms with Gasteiger partial charge >= 0.3 is 17.3 Å². The highest BCUT2D eigenvalue weighted by Gasteiger charge is 2.31. The first-order valence-electron chi connectivity index (χ1n) is 3.52. The molecule has 8 nitrogen and oxygen atoms in total. The predicted octanol–water partition coefficient (Wildman–Crippen LogP) is 1.00. The number of carbonyl (C=O) groups is 1. The van der Waals surface area contributed by atoms with Gasteiger partial charge in [0, 0.05) is 12.1 Å². The Balaban J connectivity index is 3.56. The third-order valence-electron chi connectivity index (χ3n) is 1.54. The van der Waals surface area contributed by atoms with Crippen molar-refractivity contribution in [3.05, 3.63) is 44.0 Å². The smallest absolute Gasteiger partial charge is 0.361 e. The lowest BCUT2D eigenvalue weighted by molar-refractivity contribution is -0.422. The molecule has 0 spiro atoms. The van der Waals surface area contributed by atoms with Crippen LogP contribution < -0.4 is 0 Å². The molecule has 8 heteroatoms. The van der Waals surface area contributed by atoms with E-state index in [9.17, 15) is 25.0 Å². The average Bonchev–Trinajstić information content (AvgIpc) is 2.16. The molecule has 0 heterocycles. The summed E-state index contributed by atoms with van der Waals surface area (Å²) in [5, 5.41) is 29.4. The largest absolute Gasteiger partial charge is 0.477 e. The first-order chi connectivity index (χ1) is 6.95. The fourth-order valence-corrected chi connectivity index (χ4v) is 0.974. The van der Waals surface area contributed by atoms with E-state index in [0.29, 0.717) is 0 Å². The molecule has 0 bridgehead atoms. The van der Waals surface area contributed by atoms with E-state index in [0.717, 1.165) is 12.1 Å². The maximum absolute atomic E-state index is 10.5. The van der Waals surface area contributed by atoms with Gasteiger partial charge in [0.15, 0.2) is 5.56 Å². The van der Waals surface area contributed by atoms with Gasteiger partial charge in [0.1, 0.15) is 0 Å². The van der Waals surface area contributed by atoms with Crippen LogP contribution in [0.5, 0.6) is 0 Å². The molecule has 0 aliphatic rings. The van der Waals surface area contributed by atoms with Crippen molar-refractivity contribution >= 4 is 17.3 Å². The molecule has 0 saturated heterocycles. The van der Waals surface area contributed by atoms with Gasteiger partial charge in [-0.05, 0) is 6.07 Å². The minimum absolute atomic E-state index is 0.824. The molecule has 1 aromatic carbocycles. The maximum atomic E-state index is 10.5. The molecule has 0 aliphatic heterocycles. The first-order valence-corrected chi connectivity index (χ1v) is 3.52. The second-order valence-electron chi connectivity index (χ2n) is 2.41. The quantitative estimate of drug-likeness (QED) is 0.587. The zero-order chi connectivity index (χ0) is 11.6. The Morgan fingerprint density at radius 2 is 1.93 bits per heavy atom. The van der Waals surface area contributed by atoms with Crippen molar-refractivity contribution in [2.45, 2.75) is 0 Å². The van der Waals surface area contributed by atoms with Crippen LogP contribution in [0.3, 0.4) is 0 Å². The number of carboxylic acid groups (broad SMARTS) is 1. The number of nitro benzene ring substituents is 2. The Morgan fingerprint density at radius 3 is 2.33 bits per heavy atom. The molecule has 1 aromatic rings. The molecular weight excluding hydrogens is 208 g/mol. The Kier molecular flexibility index (Phi) is 2.61. The number of nitro groups is 2. The third kappa shape index (κ3) is 1.88. The van der Waals surface area contributed by atoms with Crippen LogP contribution in [0.25, 0.3) is 0 Å². The molecule has 77 valence electrons. The highest BCUT2D eigenvalue weighted by Crippen LogP contribution is 2.29. The van der Waals surface area contributed by atoms with Crippen molar-refractivity contribution < 1.29 is 19.7 Å². The molecule has 0 saturated carbocycles. The Labute approximate surface area is 82.1 Å². The Bertz CT molecular complexity index is 423. The minimum atomic E-state index is -1.63. The number of nitrogens with zero attached hydrogens (tertiary/aromatic N) is 2. The SMILES string of the molecule is O=C(O)c1[c]ccc([N+](=O)[O-])c1[N+](=O)[O-]. The molecule has 0 aliphatic carbocycles. The van der Waals surface area contributed by atoms with Gasteiger partial charge in [-0.1, -0.05) is 0 Å². The number of hydrogen-bond donors (Lipinski definition) is 1. The Morgan fingerprint density at radius 1 is 1.33 bits per heavy atom. The first kappa shape index (κ1) is 10.6. The number of carboxylic acids is 1. The summed E-state index contributed by atoms with van der Waals surface area (Å²) in [6.45, 7) is 0. The monoisotopic (exact) mass is 211 g/mol. The van der Waals surface area contributed by atoms with Crippen molar-refractivity contribution in [1.82, 2.24) is 0 Å². The van der Waals surface area contributed by atoms with E-state index in [4.69, 9.17) is 5.11 Å². The van der Waals surface area contributed by atoms with E-state index in [2.05, 4.69) is 6.07 Å². The van der Waals surface area contributed by atoms with Gasteiger partial charge in [-0.3, -0.25) is 20.2 Å². The summed E-state index contributed by atoms with van der Waals surface area (Å²) in [4.78, 5) is 29.3. The summed E-state index contributed by atoms with van der Waals surface area (Å²) in [5.41, 5.74) is -2.75. The van der Waals surface area contributed by atoms with Gasteiger partial charge in [-0.15, -0.1) is 0 Å². The molecule has 1 radical (unpaired) electrons. The molecule has 0 fully saturated rings. The van der Waals surface area contributed by atoms with Crippen molar-refractivity contribution in [2.24, 2.45) is 0 Å². The van der Waals surface area contributed by atoms with Crippen molar-refractivity contribution in [1.29, 1.82) is 0 Å². The molecule has 15 heavy (non-hydrogen) atoms. The summed E-state index contributed by atoms with van der Waals surface area (Å²) < 4.78 is 0. The topological polar surface area (TPSA) is 124 Å². The lowest BCUT2D eigenvalue weighted by Crippen LogP contribution is -2.05. The molecular formula is C7H3N2O6. The van der Waals surface area contributed by atoms with E-state index < -0.39 is 32.8 Å². The van der Waals surface area contributed by atoms with Crippen LogP contribution in [0.4, 0.5) is 11.4 Å². The van der Waals surface area contributed by atoms with E-state index in [1.54, 1.807) is 0 Å². The third-order valence-corrected chi connectivity index (χ3v) is 1.54. The summed E-state index contributed by atoms with van der Waals surface area (Å²) in [5.74, 6) is -1.63. The summed E-state index contributed by atoms with van der Waals surface area (Å²) >= 11 is 0. The van der Waals surface area contributed by atoms with Crippen LogP contribution in [-0.2, 0) is 0 Å². The number of benzene rings is 1. The number of hydrogen-bond acceptors (Lipinski definition) is 5. The van der Waals surface area contributed by atoms with Crippen LogP contribution in [-0.4, -0.2) is 20.9 Å². The fraction of sp³-hybridized carbons (Fsp3) is 0. The van der Waals surface area contributed by atoms with Crippen molar-refractivity contribution in [3.8, 4) is 0 Å². The summed E-state index contributed by atoms with van der Waals surface area (Å²) in [7, 11) is 0. The maximum Gasteiger partial charge on any atom is 0.361 e. The minimum Gasteiger partial charge on any atom is -0.477 e. The lowest BCUT2D eigenvalue weighted by atomic mass is 10.1. The van der Waals surface area contributed by atoms with Gasteiger partial charge in [-0.25, -0.2) is 4.79 Å². The van der Waals surface area contributed by atoms with Crippen molar-refractivity contribution in [3.63, 3.8) is 0 Å². The summed E-state index contributed by atoms with van der Waals surface area (Å²) in [6, 6.07) is 3.84. The van der Waals surface area contributed by atoms with Crippen molar-refractivity contribution in [2.75, 3.05) is 0 Å². The second-order valence-corrected chi connectivity index (χ2v) is 2.41. The van der Waals surface area contributed by atoms with Gasteiger partial charge in [0.05, 0.1) is 9.85 Å². The summed E-state index contributed by atoms with van der Waals surface area (Å²) in [6.07, 6.45) is 0. The zero-order valence-electron chi connectivity index (χ0n) is 7.04. The predicted molar refractivity (Wildman–Crippen MR) is 45.5 cm³/mol. The molecule has 1 rings (SSSR count). The van der Waals surface area contributed by atoms with Crippen LogP contribution in [0.1, 0.15) is 10.4 Å². The van der Waals surface area contributed by atoms with Crippen LogP contribution in [0.2, 0.25) is 0 Å². The van der Waals surface area contributed by atoms with E-state index >= 15 is 0 Å². The lowest BCUT2D eigenvalue weighted by Gasteiger charge is -1.97. The number of aromatic carboxylic acids is 1. The number of rotatable bonds is 3. The normalized spacial score (nSPS) is 9.60. The Hall–Kier alpha value is -2.51. The molecule has 1 N–H and O–H groups in total. The van der Waals surface area contributed by atoms with E-state index in [-0.39, 0.29) is 0 Å². The van der Waals surface area contributed by atoms with Gasteiger partial charge in [0.25, 0.3) is 0 Å². The van der Waals surface area contributed by atoms with Crippen LogP contribution >= 0.6 is 0 Å². The van der Waals surface area contributed by atoms with Gasteiger partial charge < -0.3 is 5.11 Å². The molecule has 0 amide bonds. The van der Waals surface area contributed by atoms with E-state index in [1.165, 1.54) is 0 Å². The zero-order valence-corrected chi connectivity index (χ0v) is 7.04. The fourth-order valence-electron chi connectivity index (χ4n) is 0.974. The molecule has 0 unspecified atom stereocenters. The standard InChI is InChI=1S/C7H3N2O6/c10-7(11)4-2-1-3-5(8(12)13)6(4)9(14)15/h1,3H,(H,10,11). The van der Waals surface area contributed by atoms with Gasteiger partial charge in [-0.2, -0.15) is 0 Å². The second kappa shape index (κ2) is 3.70. The van der Waals surface area contributed by atoms with Crippen LogP contribution in [0.15, 0.2) is 12.1 Å². The van der Waals surface area contributed by atoms with Crippen LogP contribution in [0, 0.1) is 26.3 Å². The van der Waals surface area contributed by atoms with E-state index in [1.807, 2.05) is 0 Å². The van der Waals surface area contributed by atoms with Gasteiger partial charge in [0.2, 0.25) is 0 Å². The average molecular weight is 211 g/mol. The highest BCUT2D eigenvalue weighted by atomic mass is 16.6. The molecule has 0 atom stereocenters. The highest BCUT2D eigenvalue weighted by molar-refractivity contribution is 5.94.